The third kappa shape index (κ3) is 6.42. The molecule has 4 rings (SSSR count). The maximum atomic E-state index is 13.5. The van der Waals surface area contributed by atoms with E-state index < -0.39 is 17.7 Å². The highest BCUT2D eigenvalue weighted by atomic mass is 16.5. The molecule has 2 fully saturated rings. The number of ketones is 1. The lowest BCUT2D eigenvalue weighted by Gasteiger charge is -2.29. The zero-order chi connectivity index (χ0) is 28.8. The van der Waals surface area contributed by atoms with Crippen molar-refractivity contribution in [3.05, 3.63) is 58.7 Å². The summed E-state index contributed by atoms with van der Waals surface area (Å²) in [7, 11) is 3.08. The van der Waals surface area contributed by atoms with Gasteiger partial charge in [-0.25, -0.2) is 0 Å². The lowest BCUT2D eigenvalue weighted by molar-refractivity contribution is -0.140. The van der Waals surface area contributed by atoms with Crippen LogP contribution in [0, 0.1) is 12.8 Å². The second-order valence-electron chi connectivity index (χ2n) is 10.6. The van der Waals surface area contributed by atoms with E-state index in [4.69, 9.17) is 18.9 Å². The minimum atomic E-state index is -0.776. The highest BCUT2D eigenvalue weighted by Gasteiger charge is 2.46. The van der Waals surface area contributed by atoms with Crippen molar-refractivity contribution in [2.45, 2.75) is 33.2 Å². The molecule has 0 aliphatic carbocycles. The van der Waals surface area contributed by atoms with Crippen LogP contribution >= 0.6 is 0 Å². The van der Waals surface area contributed by atoms with E-state index in [9.17, 15) is 14.7 Å². The van der Waals surface area contributed by atoms with E-state index in [-0.39, 0.29) is 11.3 Å². The van der Waals surface area contributed by atoms with Crippen LogP contribution in [0.15, 0.2) is 42.0 Å². The first-order valence-corrected chi connectivity index (χ1v) is 13.8. The molecular weight excluding hydrogens is 512 g/mol. The minimum absolute atomic E-state index is 0.0545. The molecule has 0 saturated carbocycles. The van der Waals surface area contributed by atoms with Gasteiger partial charge in [0.15, 0.2) is 11.5 Å². The SMILES string of the molecule is COc1ccc(C2/C(=C(/O)c3ccc(OCC(C)C)c(C)c3)C(=O)C(=O)N2CCCN2CCOCC2)cc1OC. The molecule has 1 unspecified atom stereocenters. The van der Waals surface area contributed by atoms with Crippen molar-refractivity contribution < 1.29 is 33.6 Å². The molecule has 2 aliphatic heterocycles. The first kappa shape index (κ1) is 29.4. The summed E-state index contributed by atoms with van der Waals surface area (Å²) in [5, 5.41) is 11.5. The number of nitrogens with zero attached hydrogens (tertiary/aromatic N) is 2. The van der Waals surface area contributed by atoms with Gasteiger partial charge >= 0.3 is 0 Å². The van der Waals surface area contributed by atoms with Gasteiger partial charge in [-0.05, 0) is 60.7 Å². The Hall–Kier alpha value is -3.56. The lowest BCUT2D eigenvalue weighted by atomic mass is 9.94. The zero-order valence-electron chi connectivity index (χ0n) is 24.1. The van der Waals surface area contributed by atoms with Crippen LogP contribution in [0.25, 0.3) is 5.76 Å². The number of aryl methyl sites for hydroxylation is 1. The summed E-state index contributed by atoms with van der Waals surface area (Å²) in [5.41, 5.74) is 1.98. The van der Waals surface area contributed by atoms with Gasteiger partial charge in [0.2, 0.25) is 0 Å². The van der Waals surface area contributed by atoms with Crippen molar-refractivity contribution in [3.63, 3.8) is 0 Å². The van der Waals surface area contributed by atoms with Gasteiger partial charge in [-0.2, -0.15) is 0 Å². The molecule has 0 aromatic heterocycles. The van der Waals surface area contributed by atoms with Gasteiger partial charge in [0.05, 0.1) is 45.7 Å². The average Bonchev–Trinajstić information content (AvgIpc) is 3.21. The van der Waals surface area contributed by atoms with Crippen LogP contribution < -0.4 is 14.2 Å². The fourth-order valence-corrected chi connectivity index (χ4v) is 5.14. The van der Waals surface area contributed by atoms with E-state index in [1.165, 1.54) is 7.11 Å². The number of amides is 1. The van der Waals surface area contributed by atoms with Gasteiger partial charge in [0.25, 0.3) is 11.7 Å². The smallest absolute Gasteiger partial charge is 0.295 e. The Morgan fingerprint density at radius 2 is 1.70 bits per heavy atom. The fraction of sp³-hybridized carbons (Fsp3) is 0.484. The lowest BCUT2D eigenvalue weighted by Crippen LogP contribution is -2.38. The van der Waals surface area contributed by atoms with Crippen LogP contribution in [0.1, 0.15) is 43.0 Å². The Morgan fingerprint density at radius 1 is 1.00 bits per heavy atom. The number of hydrogen-bond donors (Lipinski definition) is 1. The highest BCUT2D eigenvalue weighted by molar-refractivity contribution is 6.46. The van der Waals surface area contributed by atoms with Gasteiger partial charge in [-0.15, -0.1) is 0 Å². The molecule has 2 aromatic carbocycles. The number of Topliss-reactive ketones (excluding diaryl/α,β-unsaturated/α-hetero) is 1. The molecule has 40 heavy (non-hydrogen) atoms. The minimum Gasteiger partial charge on any atom is -0.507 e. The number of morpholine rings is 1. The summed E-state index contributed by atoms with van der Waals surface area (Å²) in [4.78, 5) is 30.7. The number of carbonyl (C=O) groups excluding carboxylic acids is 2. The first-order valence-electron chi connectivity index (χ1n) is 13.8. The molecule has 0 spiro atoms. The van der Waals surface area contributed by atoms with E-state index >= 15 is 0 Å². The number of carbonyl (C=O) groups is 2. The molecule has 2 aromatic rings. The van der Waals surface area contributed by atoms with E-state index in [0.717, 1.165) is 25.2 Å². The van der Waals surface area contributed by atoms with Crippen LogP contribution in [-0.4, -0.2) is 86.8 Å². The standard InChI is InChI=1S/C31H40N2O7/c1-20(2)19-40-24-9-8-23(17-21(24)3)29(34)27-28(22-7-10-25(37-4)26(18-22)38-5)33(31(36)30(27)35)12-6-11-32-13-15-39-16-14-32/h7-10,17-18,20,28,34H,6,11-16,19H2,1-5H3/b29-27-. The fourth-order valence-electron chi connectivity index (χ4n) is 5.14. The third-order valence-corrected chi connectivity index (χ3v) is 7.26. The zero-order valence-corrected chi connectivity index (χ0v) is 24.1. The van der Waals surface area contributed by atoms with E-state index in [0.29, 0.717) is 67.1 Å². The molecule has 2 heterocycles. The van der Waals surface area contributed by atoms with Crippen molar-refractivity contribution >= 4 is 17.4 Å². The molecule has 9 heteroatoms. The van der Waals surface area contributed by atoms with Crippen molar-refractivity contribution in [3.8, 4) is 17.2 Å². The van der Waals surface area contributed by atoms with Crippen LogP contribution in [0.2, 0.25) is 0 Å². The van der Waals surface area contributed by atoms with E-state index in [2.05, 4.69) is 18.7 Å². The predicted molar refractivity (Wildman–Crippen MR) is 152 cm³/mol. The highest BCUT2D eigenvalue weighted by Crippen LogP contribution is 2.42. The van der Waals surface area contributed by atoms with Crippen LogP contribution in [0.5, 0.6) is 17.2 Å². The summed E-state index contributed by atoms with van der Waals surface area (Å²) in [6, 6.07) is 9.81. The van der Waals surface area contributed by atoms with Crippen LogP contribution in [0.3, 0.4) is 0 Å². The number of rotatable bonds is 11. The summed E-state index contributed by atoms with van der Waals surface area (Å²) < 4.78 is 22.2. The Bertz CT molecular complexity index is 1250. The maximum absolute atomic E-state index is 13.5. The van der Waals surface area contributed by atoms with E-state index in [1.807, 2.05) is 6.92 Å². The quantitative estimate of drug-likeness (QED) is 0.252. The molecule has 2 saturated heterocycles. The largest absolute Gasteiger partial charge is 0.507 e. The van der Waals surface area contributed by atoms with Crippen molar-refractivity contribution in [2.24, 2.45) is 5.92 Å². The van der Waals surface area contributed by atoms with Crippen LogP contribution in [-0.2, 0) is 14.3 Å². The number of hydrogen-bond acceptors (Lipinski definition) is 8. The van der Waals surface area contributed by atoms with Crippen molar-refractivity contribution in [2.75, 3.05) is 60.2 Å². The molecule has 0 bridgehead atoms. The number of aliphatic hydroxyl groups is 1. The number of benzene rings is 2. The Kier molecular flexibility index (Phi) is 9.71. The Labute approximate surface area is 236 Å². The summed E-state index contributed by atoms with van der Waals surface area (Å²) in [6.07, 6.45) is 0.678. The molecule has 9 nitrogen and oxygen atoms in total. The van der Waals surface area contributed by atoms with Gasteiger partial charge in [-0.3, -0.25) is 14.5 Å². The molecule has 0 radical (unpaired) electrons. The number of likely N-dealkylation sites (tertiary alicyclic amines) is 1. The molecule has 1 N–H and O–H groups in total. The Balaban J connectivity index is 1.71. The van der Waals surface area contributed by atoms with Gasteiger partial charge < -0.3 is 29.0 Å². The first-order chi connectivity index (χ1) is 19.2. The predicted octanol–water partition coefficient (Wildman–Crippen LogP) is 4.19. The molecule has 216 valence electrons. The van der Waals surface area contributed by atoms with E-state index in [1.54, 1.807) is 48.4 Å². The second kappa shape index (κ2) is 13.2. The number of methoxy groups -OCH3 is 2. The summed E-state index contributed by atoms with van der Waals surface area (Å²) in [6.45, 7) is 10.8. The Morgan fingerprint density at radius 3 is 2.35 bits per heavy atom. The molecule has 1 atom stereocenters. The van der Waals surface area contributed by atoms with Crippen LogP contribution in [0.4, 0.5) is 0 Å². The molecule has 2 aliphatic rings. The monoisotopic (exact) mass is 552 g/mol. The summed E-state index contributed by atoms with van der Waals surface area (Å²) >= 11 is 0. The van der Waals surface area contributed by atoms with Crippen molar-refractivity contribution in [1.29, 1.82) is 0 Å². The second-order valence-corrected chi connectivity index (χ2v) is 10.6. The molecular formula is C31H40N2O7. The van der Waals surface area contributed by atoms with Gasteiger partial charge in [0.1, 0.15) is 11.5 Å². The summed E-state index contributed by atoms with van der Waals surface area (Å²) in [5.74, 6) is 0.536. The normalized spacial score (nSPS) is 19.4. The topological polar surface area (TPSA) is 97.8 Å². The van der Waals surface area contributed by atoms with Gasteiger partial charge in [0, 0.05) is 31.7 Å². The van der Waals surface area contributed by atoms with Gasteiger partial charge in [-0.1, -0.05) is 19.9 Å². The van der Waals surface area contributed by atoms with Crippen molar-refractivity contribution in [1.82, 2.24) is 9.80 Å². The average molecular weight is 553 g/mol. The third-order valence-electron chi connectivity index (χ3n) is 7.26. The molecule has 1 amide bonds. The number of ether oxygens (including phenoxy) is 4. The maximum Gasteiger partial charge on any atom is 0.295 e. The number of aliphatic hydroxyl groups excluding tert-OH is 1.